The predicted molar refractivity (Wildman–Crippen MR) is 85.7 cm³/mol. The molecule has 1 heterocycles. The maximum Gasteiger partial charge on any atom is 0.216 e. The molecule has 2 rings (SSSR count). The first-order valence-corrected chi connectivity index (χ1v) is 7.82. The van der Waals surface area contributed by atoms with Crippen LogP contribution in [0.3, 0.4) is 0 Å². The first-order chi connectivity index (χ1) is 9.97. The Labute approximate surface area is 131 Å². The quantitative estimate of drug-likeness (QED) is 0.899. The van der Waals surface area contributed by atoms with Gasteiger partial charge in [-0.15, -0.1) is 0 Å². The number of carbonyl (C=O) groups excluding carboxylic acids is 1. The second-order valence-electron chi connectivity index (χ2n) is 5.75. The molecule has 1 saturated heterocycles. The summed E-state index contributed by atoms with van der Waals surface area (Å²) in [5.74, 6) is 0.593. The molecule has 1 aromatic carbocycles. The van der Waals surface area contributed by atoms with Gasteiger partial charge in [0.15, 0.2) is 0 Å². The van der Waals surface area contributed by atoms with Crippen LogP contribution in [0.1, 0.15) is 38.4 Å². The highest BCUT2D eigenvalue weighted by molar-refractivity contribution is 6.31. The van der Waals surface area contributed by atoms with Crippen LogP contribution in [0.4, 0.5) is 5.69 Å². The lowest BCUT2D eigenvalue weighted by Gasteiger charge is -2.34. The Morgan fingerprint density at radius 1 is 1.48 bits per heavy atom. The van der Waals surface area contributed by atoms with Crippen molar-refractivity contribution in [2.75, 3.05) is 24.5 Å². The molecule has 0 aliphatic carbocycles. The van der Waals surface area contributed by atoms with Gasteiger partial charge in [-0.05, 0) is 43.4 Å². The summed E-state index contributed by atoms with van der Waals surface area (Å²) in [5.41, 5.74) is 1.86. The van der Waals surface area contributed by atoms with Crippen LogP contribution in [0.2, 0.25) is 5.02 Å². The zero-order chi connectivity index (χ0) is 15.4. The van der Waals surface area contributed by atoms with Crippen LogP contribution < -0.4 is 10.2 Å². The number of piperidine rings is 1. The molecule has 0 spiro atoms. The molecule has 21 heavy (non-hydrogen) atoms. The van der Waals surface area contributed by atoms with Gasteiger partial charge in [0.25, 0.3) is 0 Å². The molecule has 5 heteroatoms. The fourth-order valence-corrected chi connectivity index (χ4v) is 3.07. The van der Waals surface area contributed by atoms with E-state index in [1.807, 2.05) is 18.2 Å². The van der Waals surface area contributed by atoms with Gasteiger partial charge < -0.3 is 15.3 Å². The highest BCUT2D eigenvalue weighted by Crippen LogP contribution is 2.30. The van der Waals surface area contributed by atoms with Gasteiger partial charge in [-0.1, -0.05) is 17.7 Å². The Morgan fingerprint density at radius 3 is 2.67 bits per heavy atom. The first-order valence-electron chi connectivity index (χ1n) is 7.44. The third kappa shape index (κ3) is 4.35. The molecule has 2 N–H and O–H groups in total. The molecular weight excluding hydrogens is 288 g/mol. The van der Waals surface area contributed by atoms with Crippen molar-refractivity contribution in [3.05, 3.63) is 28.8 Å². The van der Waals surface area contributed by atoms with Crippen molar-refractivity contribution < 1.29 is 9.90 Å². The number of benzene rings is 1. The molecule has 1 fully saturated rings. The molecule has 0 saturated carbocycles. The third-order valence-electron chi connectivity index (χ3n) is 4.05. The topological polar surface area (TPSA) is 52.6 Å². The molecule has 0 bridgehead atoms. The fourth-order valence-electron chi connectivity index (χ4n) is 2.73. The molecule has 0 radical (unpaired) electrons. The van der Waals surface area contributed by atoms with E-state index in [1.54, 1.807) is 13.8 Å². The summed E-state index contributed by atoms with van der Waals surface area (Å²) in [6, 6.07) is 5.84. The highest BCUT2D eigenvalue weighted by Gasteiger charge is 2.20. The van der Waals surface area contributed by atoms with Gasteiger partial charge in [-0.25, -0.2) is 0 Å². The van der Waals surface area contributed by atoms with E-state index < -0.39 is 6.10 Å². The number of aliphatic hydroxyl groups is 1. The molecule has 116 valence electrons. The lowest BCUT2D eigenvalue weighted by Crippen LogP contribution is -2.38. The van der Waals surface area contributed by atoms with Crippen molar-refractivity contribution >= 4 is 23.2 Å². The zero-order valence-electron chi connectivity index (χ0n) is 12.6. The van der Waals surface area contributed by atoms with E-state index >= 15 is 0 Å². The van der Waals surface area contributed by atoms with Crippen molar-refractivity contribution in [2.45, 2.75) is 32.8 Å². The number of nitrogens with one attached hydrogen (secondary N) is 1. The summed E-state index contributed by atoms with van der Waals surface area (Å²) in [6.45, 7) is 5.98. The molecule has 1 aliphatic rings. The normalized spacial score (nSPS) is 17.6. The maximum atomic E-state index is 10.9. The largest absolute Gasteiger partial charge is 0.389 e. The van der Waals surface area contributed by atoms with Gasteiger partial charge in [0.1, 0.15) is 0 Å². The molecule has 0 aromatic heterocycles. The van der Waals surface area contributed by atoms with Crippen LogP contribution >= 0.6 is 11.6 Å². The number of hydrogen-bond donors (Lipinski definition) is 2. The van der Waals surface area contributed by atoms with E-state index in [9.17, 15) is 9.90 Å². The second-order valence-corrected chi connectivity index (χ2v) is 6.16. The van der Waals surface area contributed by atoms with Crippen molar-refractivity contribution in [2.24, 2.45) is 5.92 Å². The lowest BCUT2D eigenvalue weighted by molar-refractivity contribution is -0.119. The minimum Gasteiger partial charge on any atom is -0.389 e. The molecular formula is C16H23ClN2O2. The van der Waals surface area contributed by atoms with Crippen LogP contribution in [-0.4, -0.2) is 30.6 Å². The van der Waals surface area contributed by atoms with E-state index in [0.29, 0.717) is 10.9 Å². The SMILES string of the molecule is CC(=O)NCC1CCN(c2ccc(C(C)O)c(Cl)c2)CC1. The van der Waals surface area contributed by atoms with E-state index in [4.69, 9.17) is 11.6 Å². The zero-order valence-corrected chi connectivity index (χ0v) is 13.4. The summed E-state index contributed by atoms with van der Waals surface area (Å²) in [6.07, 6.45) is 1.58. The van der Waals surface area contributed by atoms with Gasteiger partial charge in [0, 0.05) is 37.3 Å². The maximum absolute atomic E-state index is 10.9. The molecule has 1 amide bonds. The van der Waals surface area contributed by atoms with E-state index in [1.165, 1.54) is 0 Å². The van der Waals surface area contributed by atoms with E-state index in [2.05, 4.69) is 10.2 Å². The van der Waals surface area contributed by atoms with Gasteiger partial charge in [0.2, 0.25) is 5.91 Å². The average Bonchev–Trinajstić information content (AvgIpc) is 2.45. The van der Waals surface area contributed by atoms with Crippen molar-refractivity contribution in [1.29, 1.82) is 0 Å². The summed E-state index contributed by atoms with van der Waals surface area (Å²) < 4.78 is 0. The molecule has 1 aromatic rings. The fraction of sp³-hybridized carbons (Fsp3) is 0.562. The smallest absolute Gasteiger partial charge is 0.216 e. The van der Waals surface area contributed by atoms with Gasteiger partial charge in [-0.2, -0.15) is 0 Å². The van der Waals surface area contributed by atoms with Crippen LogP contribution in [0.15, 0.2) is 18.2 Å². The average molecular weight is 311 g/mol. The monoisotopic (exact) mass is 310 g/mol. The molecule has 1 atom stereocenters. The number of rotatable bonds is 4. The van der Waals surface area contributed by atoms with Crippen molar-refractivity contribution in [3.8, 4) is 0 Å². The predicted octanol–water partition coefficient (Wildman–Crippen LogP) is 2.75. The minimum absolute atomic E-state index is 0.0397. The minimum atomic E-state index is -0.546. The Balaban J connectivity index is 1.93. The number of anilines is 1. The van der Waals surface area contributed by atoms with Crippen LogP contribution in [0.5, 0.6) is 0 Å². The number of hydrogen-bond acceptors (Lipinski definition) is 3. The second kappa shape index (κ2) is 7.14. The van der Waals surface area contributed by atoms with Crippen molar-refractivity contribution in [1.82, 2.24) is 5.32 Å². The third-order valence-corrected chi connectivity index (χ3v) is 4.38. The standard InChI is InChI=1S/C16H23ClN2O2/c1-11(20)15-4-3-14(9-16(15)17)19-7-5-13(6-8-19)10-18-12(2)21/h3-4,9,11,13,20H,5-8,10H2,1-2H3,(H,18,21). The Kier molecular flexibility index (Phi) is 5.48. The first kappa shape index (κ1) is 16.1. The number of amides is 1. The number of nitrogens with zero attached hydrogens (tertiary/aromatic N) is 1. The van der Waals surface area contributed by atoms with Gasteiger partial charge in [0.05, 0.1) is 6.10 Å². The van der Waals surface area contributed by atoms with E-state index in [-0.39, 0.29) is 5.91 Å². The summed E-state index contributed by atoms with van der Waals surface area (Å²) in [4.78, 5) is 13.2. The number of carbonyl (C=O) groups is 1. The Morgan fingerprint density at radius 2 is 2.14 bits per heavy atom. The summed E-state index contributed by atoms with van der Waals surface area (Å²) in [7, 11) is 0. The van der Waals surface area contributed by atoms with Gasteiger partial charge >= 0.3 is 0 Å². The highest BCUT2D eigenvalue weighted by atomic mass is 35.5. The van der Waals surface area contributed by atoms with Crippen LogP contribution in [0, 0.1) is 5.92 Å². The van der Waals surface area contributed by atoms with Crippen LogP contribution in [0.25, 0.3) is 0 Å². The number of halogens is 1. The molecule has 1 unspecified atom stereocenters. The Bertz CT molecular complexity index is 497. The molecule has 1 aliphatic heterocycles. The lowest BCUT2D eigenvalue weighted by atomic mass is 9.96. The summed E-state index contributed by atoms with van der Waals surface area (Å²) >= 11 is 6.22. The van der Waals surface area contributed by atoms with Crippen LogP contribution in [-0.2, 0) is 4.79 Å². The summed E-state index contributed by atoms with van der Waals surface area (Å²) in [5, 5.41) is 13.1. The van der Waals surface area contributed by atoms with Gasteiger partial charge in [-0.3, -0.25) is 4.79 Å². The molecule has 4 nitrogen and oxygen atoms in total. The number of aliphatic hydroxyl groups excluding tert-OH is 1. The Hall–Kier alpha value is -1.26. The van der Waals surface area contributed by atoms with E-state index in [0.717, 1.165) is 43.7 Å². The van der Waals surface area contributed by atoms with Crippen molar-refractivity contribution in [3.63, 3.8) is 0 Å².